The van der Waals surface area contributed by atoms with Gasteiger partial charge in [-0.2, -0.15) is 0 Å². The van der Waals surface area contributed by atoms with E-state index in [0.717, 1.165) is 18.0 Å². The Morgan fingerprint density at radius 3 is 2.70 bits per heavy atom. The number of ether oxygens (including phenoxy) is 1. The van der Waals surface area contributed by atoms with E-state index in [2.05, 4.69) is 9.71 Å². The lowest BCUT2D eigenvalue weighted by atomic mass is 10.2. The van der Waals surface area contributed by atoms with Gasteiger partial charge in [-0.1, -0.05) is 0 Å². The minimum absolute atomic E-state index is 0.186. The highest BCUT2D eigenvalue weighted by Crippen LogP contribution is 2.27. The van der Waals surface area contributed by atoms with E-state index < -0.39 is 19.9 Å². The van der Waals surface area contributed by atoms with Crippen LogP contribution in [0.3, 0.4) is 0 Å². The molecule has 1 aromatic carbocycles. The normalized spacial score (nSPS) is 19.0. The molecule has 0 radical (unpaired) electrons. The summed E-state index contributed by atoms with van der Waals surface area (Å²) in [6.45, 7) is 0.845. The minimum Gasteiger partial charge on any atom is -0.371 e. The number of benzene rings is 1. The smallest absolute Gasteiger partial charge is 0.208 e. The van der Waals surface area contributed by atoms with Crippen molar-refractivity contribution in [1.82, 2.24) is 14.3 Å². The average Bonchev–Trinajstić information content (AvgIpc) is 2.81. The molecule has 0 aliphatic carbocycles. The Morgan fingerprint density at radius 2 is 2.04 bits per heavy atom. The second-order valence-corrected chi connectivity index (χ2v) is 9.46. The van der Waals surface area contributed by atoms with Gasteiger partial charge in [0, 0.05) is 12.8 Å². The van der Waals surface area contributed by atoms with Crippen LogP contribution >= 0.6 is 0 Å². The molecule has 126 valence electrons. The minimum atomic E-state index is -3.31. The Kier molecular flexibility index (Phi) is 3.95. The molecule has 3 rings (SSSR count). The standard InChI is InChI=1S/C13H17N3O5S2/c1-22(17,18)10-3-4-12-11(5-10)15-13-8-21-7-9(16(12)13)6-14-23(2,19)20/h3-5,9,14H,6-8H2,1-2H3. The fraction of sp³-hybridized carbons (Fsp3) is 0.462. The van der Waals surface area contributed by atoms with Crippen molar-refractivity contribution in [2.45, 2.75) is 17.5 Å². The molecule has 0 saturated heterocycles. The Hall–Kier alpha value is -1.49. The third-order valence-electron chi connectivity index (χ3n) is 3.65. The first-order valence-corrected chi connectivity index (χ1v) is 10.7. The first-order chi connectivity index (χ1) is 10.6. The highest BCUT2D eigenvalue weighted by Gasteiger charge is 2.25. The number of nitrogens with zero attached hydrogens (tertiary/aromatic N) is 2. The molecule has 0 saturated carbocycles. The number of imidazole rings is 1. The third kappa shape index (κ3) is 3.39. The van der Waals surface area contributed by atoms with Gasteiger partial charge in [-0.05, 0) is 18.2 Å². The van der Waals surface area contributed by atoms with E-state index >= 15 is 0 Å². The zero-order valence-electron chi connectivity index (χ0n) is 12.7. The number of hydrogen-bond donors (Lipinski definition) is 1. The van der Waals surface area contributed by atoms with E-state index in [1.54, 1.807) is 6.07 Å². The Balaban J connectivity index is 2.05. The van der Waals surface area contributed by atoms with E-state index in [9.17, 15) is 16.8 Å². The first kappa shape index (κ1) is 16.4. The van der Waals surface area contributed by atoms with Crippen LogP contribution in [0.2, 0.25) is 0 Å². The fourth-order valence-electron chi connectivity index (χ4n) is 2.63. The number of sulfone groups is 1. The van der Waals surface area contributed by atoms with Crippen LogP contribution in [0, 0.1) is 0 Å². The van der Waals surface area contributed by atoms with Crippen LogP contribution in [0.15, 0.2) is 23.1 Å². The fourth-order valence-corrected chi connectivity index (χ4v) is 3.76. The maximum absolute atomic E-state index is 11.7. The maximum atomic E-state index is 11.7. The van der Waals surface area contributed by atoms with Gasteiger partial charge in [-0.3, -0.25) is 0 Å². The highest BCUT2D eigenvalue weighted by molar-refractivity contribution is 7.90. The van der Waals surface area contributed by atoms with Crippen molar-refractivity contribution >= 4 is 30.9 Å². The van der Waals surface area contributed by atoms with Crippen molar-refractivity contribution in [2.24, 2.45) is 0 Å². The van der Waals surface area contributed by atoms with Gasteiger partial charge in [0.05, 0.1) is 34.8 Å². The molecule has 1 aliphatic rings. The number of hydrogen-bond acceptors (Lipinski definition) is 6. The molecule has 23 heavy (non-hydrogen) atoms. The van der Waals surface area contributed by atoms with E-state index in [1.165, 1.54) is 12.1 Å². The van der Waals surface area contributed by atoms with E-state index in [-0.39, 0.29) is 17.5 Å². The lowest BCUT2D eigenvalue weighted by Gasteiger charge is -2.26. The van der Waals surface area contributed by atoms with Crippen LogP contribution in [-0.4, -0.2) is 52.0 Å². The van der Waals surface area contributed by atoms with Gasteiger partial charge in [0.1, 0.15) is 12.4 Å². The van der Waals surface area contributed by atoms with Crippen molar-refractivity contribution in [2.75, 3.05) is 25.7 Å². The lowest BCUT2D eigenvalue weighted by molar-refractivity contribution is 0.0581. The van der Waals surface area contributed by atoms with Crippen LogP contribution in [-0.2, 0) is 31.2 Å². The van der Waals surface area contributed by atoms with Crippen molar-refractivity contribution in [3.05, 3.63) is 24.0 Å². The van der Waals surface area contributed by atoms with E-state index in [4.69, 9.17) is 4.74 Å². The summed E-state index contributed by atoms with van der Waals surface area (Å²) in [4.78, 5) is 4.62. The molecule has 0 fully saturated rings. The molecule has 10 heteroatoms. The Morgan fingerprint density at radius 1 is 1.30 bits per heavy atom. The van der Waals surface area contributed by atoms with Crippen molar-refractivity contribution < 1.29 is 21.6 Å². The third-order valence-corrected chi connectivity index (χ3v) is 5.45. The molecule has 0 amide bonds. The second-order valence-electron chi connectivity index (χ2n) is 5.61. The van der Waals surface area contributed by atoms with Crippen molar-refractivity contribution in [3.8, 4) is 0 Å². The van der Waals surface area contributed by atoms with Gasteiger partial charge in [0.25, 0.3) is 0 Å². The summed E-state index contributed by atoms with van der Waals surface area (Å²) in [5.74, 6) is 0.650. The average molecular weight is 359 g/mol. The van der Waals surface area contributed by atoms with Gasteiger partial charge in [0.2, 0.25) is 10.0 Å². The summed E-state index contributed by atoms with van der Waals surface area (Å²) >= 11 is 0. The molecule has 2 heterocycles. The maximum Gasteiger partial charge on any atom is 0.208 e. The highest BCUT2D eigenvalue weighted by atomic mass is 32.2. The monoisotopic (exact) mass is 359 g/mol. The molecule has 1 N–H and O–H groups in total. The van der Waals surface area contributed by atoms with Gasteiger partial charge < -0.3 is 9.30 Å². The van der Waals surface area contributed by atoms with E-state index in [1.807, 2.05) is 4.57 Å². The number of aromatic nitrogens is 2. The molecule has 0 bridgehead atoms. The summed E-state index contributed by atoms with van der Waals surface area (Å²) in [6.07, 6.45) is 2.24. The van der Waals surface area contributed by atoms with Gasteiger partial charge in [0.15, 0.2) is 9.84 Å². The molecular formula is C13H17N3O5S2. The summed E-state index contributed by atoms with van der Waals surface area (Å²) in [7, 11) is -6.62. The largest absolute Gasteiger partial charge is 0.371 e. The van der Waals surface area contributed by atoms with Crippen LogP contribution in [0.25, 0.3) is 11.0 Å². The molecule has 1 atom stereocenters. The SMILES string of the molecule is CS(=O)(=O)NCC1COCc2nc3cc(S(C)(=O)=O)ccc3n21. The summed E-state index contributed by atoms with van der Waals surface area (Å²) < 4.78 is 55.8. The van der Waals surface area contributed by atoms with Crippen LogP contribution in [0.5, 0.6) is 0 Å². The molecular weight excluding hydrogens is 342 g/mol. The Bertz CT molecular complexity index is 963. The number of fused-ring (bicyclic) bond motifs is 3. The number of sulfonamides is 1. The molecule has 0 spiro atoms. The predicted molar refractivity (Wildman–Crippen MR) is 84.4 cm³/mol. The summed E-state index contributed by atoms with van der Waals surface area (Å²) in [5, 5.41) is 0. The molecule has 1 unspecified atom stereocenters. The lowest BCUT2D eigenvalue weighted by Crippen LogP contribution is -2.35. The van der Waals surface area contributed by atoms with Crippen molar-refractivity contribution in [3.63, 3.8) is 0 Å². The van der Waals surface area contributed by atoms with E-state index in [0.29, 0.717) is 24.6 Å². The summed E-state index contributed by atoms with van der Waals surface area (Å²) in [6, 6.07) is 4.52. The van der Waals surface area contributed by atoms with Crippen LogP contribution in [0.1, 0.15) is 11.9 Å². The van der Waals surface area contributed by atoms with Crippen LogP contribution < -0.4 is 4.72 Å². The molecule has 1 aromatic heterocycles. The number of nitrogens with one attached hydrogen (secondary N) is 1. The zero-order valence-corrected chi connectivity index (χ0v) is 14.3. The molecule has 2 aromatic rings. The summed E-state index contributed by atoms with van der Waals surface area (Å²) in [5.41, 5.74) is 1.31. The van der Waals surface area contributed by atoms with Gasteiger partial charge in [-0.15, -0.1) is 0 Å². The first-order valence-electron chi connectivity index (χ1n) is 6.88. The van der Waals surface area contributed by atoms with Crippen molar-refractivity contribution in [1.29, 1.82) is 0 Å². The number of rotatable bonds is 4. The topological polar surface area (TPSA) is 107 Å². The van der Waals surface area contributed by atoms with Crippen LogP contribution in [0.4, 0.5) is 0 Å². The predicted octanol–water partition coefficient (Wildman–Crippen LogP) is 0.0603. The quantitative estimate of drug-likeness (QED) is 0.827. The zero-order chi connectivity index (χ0) is 16.8. The van der Waals surface area contributed by atoms with Gasteiger partial charge in [-0.25, -0.2) is 26.5 Å². The Labute approximate surface area is 134 Å². The molecule has 8 nitrogen and oxygen atoms in total. The molecule has 1 aliphatic heterocycles. The van der Waals surface area contributed by atoms with Gasteiger partial charge >= 0.3 is 0 Å². The second kappa shape index (κ2) is 5.55.